The molecule has 0 bridgehead atoms. The first-order valence-electron chi connectivity index (χ1n) is 9.62. The quantitative estimate of drug-likeness (QED) is 0.460. The average Bonchev–Trinajstić information content (AvgIpc) is 2.74. The van der Waals surface area contributed by atoms with Crippen molar-refractivity contribution in [1.82, 2.24) is 4.98 Å². The molecular formula is C24H21FN2O3. The van der Waals surface area contributed by atoms with Crippen molar-refractivity contribution < 1.29 is 13.9 Å². The molecule has 1 unspecified atom stereocenters. The van der Waals surface area contributed by atoms with Gasteiger partial charge in [-0.05, 0) is 43.7 Å². The molecule has 2 aromatic carbocycles. The monoisotopic (exact) mass is 404 g/mol. The molecule has 0 saturated heterocycles. The van der Waals surface area contributed by atoms with E-state index in [2.05, 4.69) is 10.3 Å². The van der Waals surface area contributed by atoms with Crippen molar-refractivity contribution in [3.05, 3.63) is 93.7 Å². The molecule has 1 atom stereocenters. The van der Waals surface area contributed by atoms with Crippen LogP contribution in [0.15, 0.2) is 70.0 Å². The number of aliphatic hydroxyl groups is 1. The molecule has 2 aromatic heterocycles. The van der Waals surface area contributed by atoms with Crippen LogP contribution in [0.1, 0.15) is 29.7 Å². The number of hydrogen-bond acceptors (Lipinski definition) is 5. The third kappa shape index (κ3) is 3.82. The van der Waals surface area contributed by atoms with Gasteiger partial charge < -0.3 is 14.8 Å². The Hall–Kier alpha value is -3.51. The minimum atomic E-state index is -0.599. The van der Waals surface area contributed by atoms with Gasteiger partial charge in [-0.2, -0.15) is 4.39 Å². The summed E-state index contributed by atoms with van der Waals surface area (Å²) < 4.78 is 19.3. The van der Waals surface area contributed by atoms with Gasteiger partial charge in [-0.25, -0.2) is 4.98 Å². The normalized spacial score (nSPS) is 12.1. The zero-order chi connectivity index (χ0) is 21.3. The molecule has 30 heavy (non-hydrogen) atoms. The predicted octanol–water partition coefficient (Wildman–Crippen LogP) is 4.97. The van der Waals surface area contributed by atoms with E-state index in [9.17, 15) is 14.3 Å². The van der Waals surface area contributed by atoms with Crippen LogP contribution in [-0.4, -0.2) is 10.1 Å². The highest BCUT2D eigenvalue weighted by Gasteiger charge is 2.17. The Morgan fingerprint density at radius 3 is 2.70 bits per heavy atom. The van der Waals surface area contributed by atoms with E-state index in [0.29, 0.717) is 22.3 Å². The van der Waals surface area contributed by atoms with Crippen molar-refractivity contribution in [2.45, 2.75) is 26.5 Å². The fourth-order valence-corrected chi connectivity index (χ4v) is 3.53. The van der Waals surface area contributed by atoms with Crippen LogP contribution in [0.3, 0.4) is 0 Å². The van der Waals surface area contributed by atoms with Crippen LogP contribution in [0, 0.1) is 12.9 Å². The maximum atomic E-state index is 13.2. The number of halogens is 1. The minimum Gasteiger partial charge on any atom is -0.455 e. The van der Waals surface area contributed by atoms with Gasteiger partial charge in [0.1, 0.15) is 11.3 Å². The zero-order valence-electron chi connectivity index (χ0n) is 16.6. The summed E-state index contributed by atoms with van der Waals surface area (Å²) in [5.74, 6) is -0.272. The molecule has 152 valence electrons. The van der Waals surface area contributed by atoms with Crippen molar-refractivity contribution in [2.75, 3.05) is 5.32 Å². The summed E-state index contributed by atoms with van der Waals surface area (Å²) in [5, 5.41) is 13.5. The van der Waals surface area contributed by atoms with Gasteiger partial charge in [0.25, 0.3) is 0 Å². The fourth-order valence-electron chi connectivity index (χ4n) is 3.53. The molecule has 0 aliphatic heterocycles. The van der Waals surface area contributed by atoms with Gasteiger partial charge >= 0.3 is 0 Å². The molecule has 2 heterocycles. The van der Waals surface area contributed by atoms with Crippen LogP contribution in [0.5, 0.6) is 0 Å². The zero-order valence-corrected chi connectivity index (χ0v) is 16.6. The highest BCUT2D eigenvalue weighted by Crippen LogP contribution is 2.31. The number of hydrogen-bond donors (Lipinski definition) is 2. The Morgan fingerprint density at radius 1 is 1.17 bits per heavy atom. The Labute approximate surface area is 172 Å². The highest BCUT2D eigenvalue weighted by atomic mass is 19.1. The maximum Gasteiger partial charge on any atom is 0.212 e. The Balaban J connectivity index is 1.84. The first-order valence-corrected chi connectivity index (χ1v) is 9.62. The van der Waals surface area contributed by atoms with E-state index in [-0.39, 0.29) is 18.1 Å². The standard InChI is InChI=1S/C24H21FN2O3/c1-14-9-18(15(2)27-20-6-4-3-5-17(20)13-28)24-19(10-14)21(29)11-22(30-24)16-7-8-23(25)26-12-16/h3-12,15,27-28H,13H2,1-2H3. The number of nitrogens with zero attached hydrogens (tertiary/aromatic N) is 1. The number of anilines is 1. The molecule has 0 fully saturated rings. The molecule has 0 aliphatic carbocycles. The molecule has 5 nitrogen and oxygen atoms in total. The SMILES string of the molecule is Cc1cc(C(C)Nc2ccccc2CO)c2oc(-c3ccc(F)nc3)cc(=O)c2c1. The summed E-state index contributed by atoms with van der Waals surface area (Å²) in [4.78, 5) is 16.5. The lowest BCUT2D eigenvalue weighted by molar-refractivity contribution is 0.282. The lowest BCUT2D eigenvalue weighted by Crippen LogP contribution is -2.11. The first kappa shape index (κ1) is 19.8. The van der Waals surface area contributed by atoms with Crippen LogP contribution in [0.4, 0.5) is 10.1 Å². The van der Waals surface area contributed by atoms with E-state index in [0.717, 1.165) is 22.4 Å². The van der Waals surface area contributed by atoms with Gasteiger partial charge in [-0.15, -0.1) is 0 Å². The van der Waals surface area contributed by atoms with Gasteiger partial charge in [0.05, 0.1) is 18.0 Å². The number of nitrogens with one attached hydrogen (secondary N) is 1. The molecule has 0 radical (unpaired) electrons. The van der Waals surface area contributed by atoms with Crippen molar-refractivity contribution in [2.24, 2.45) is 0 Å². The molecule has 0 saturated carbocycles. The lowest BCUT2D eigenvalue weighted by atomic mass is 10.0. The third-order valence-electron chi connectivity index (χ3n) is 5.04. The van der Waals surface area contributed by atoms with Gasteiger partial charge in [0.2, 0.25) is 5.95 Å². The summed E-state index contributed by atoms with van der Waals surface area (Å²) in [6.45, 7) is 3.81. The van der Waals surface area contributed by atoms with E-state index in [1.54, 1.807) is 6.07 Å². The van der Waals surface area contributed by atoms with Crippen LogP contribution in [-0.2, 0) is 6.61 Å². The third-order valence-corrected chi connectivity index (χ3v) is 5.04. The van der Waals surface area contributed by atoms with Crippen LogP contribution in [0.25, 0.3) is 22.3 Å². The molecule has 4 aromatic rings. The number of aliphatic hydroxyl groups excluding tert-OH is 1. The lowest BCUT2D eigenvalue weighted by Gasteiger charge is -2.19. The van der Waals surface area contributed by atoms with Crippen LogP contribution in [0.2, 0.25) is 0 Å². The smallest absolute Gasteiger partial charge is 0.212 e. The second-order valence-corrected chi connectivity index (χ2v) is 7.26. The van der Waals surface area contributed by atoms with Gasteiger partial charge in [-0.1, -0.05) is 24.3 Å². The molecule has 0 spiro atoms. The number of pyridine rings is 1. The number of rotatable bonds is 5. The van der Waals surface area contributed by atoms with Crippen LogP contribution < -0.4 is 10.7 Å². The number of aryl methyl sites for hydroxylation is 1. The molecule has 0 aliphatic rings. The minimum absolute atomic E-state index is 0.0821. The van der Waals surface area contributed by atoms with E-state index in [1.165, 1.54) is 24.4 Å². The van der Waals surface area contributed by atoms with Crippen molar-refractivity contribution in [3.8, 4) is 11.3 Å². The Morgan fingerprint density at radius 2 is 1.97 bits per heavy atom. The number of benzene rings is 2. The summed E-state index contributed by atoms with van der Waals surface area (Å²) in [5.41, 5.74) is 4.15. The molecule has 6 heteroatoms. The van der Waals surface area contributed by atoms with Gasteiger partial charge in [0.15, 0.2) is 5.43 Å². The predicted molar refractivity (Wildman–Crippen MR) is 115 cm³/mol. The van der Waals surface area contributed by atoms with E-state index < -0.39 is 5.95 Å². The van der Waals surface area contributed by atoms with Crippen molar-refractivity contribution in [3.63, 3.8) is 0 Å². The summed E-state index contributed by atoms with van der Waals surface area (Å²) >= 11 is 0. The van der Waals surface area contributed by atoms with Crippen molar-refractivity contribution in [1.29, 1.82) is 0 Å². The summed E-state index contributed by atoms with van der Waals surface area (Å²) in [6.07, 6.45) is 1.34. The second-order valence-electron chi connectivity index (χ2n) is 7.26. The largest absolute Gasteiger partial charge is 0.455 e. The first-order chi connectivity index (χ1) is 14.5. The highest BCUT2D eigenvalue weighted by molar-refractivity contribution is 5.83. The number of fused-ring (bicyclic) bond motifs is 1. The summed E-state index contributed by atoms with van der Waals surface area (Å²) in [7, 11) is 0. The topological polar surface area (TPSA) is 75.4 Å². The Kier molecular flexibility index (Phi) is 5.33. The number of para-hydroxylation sites is 1. The second kappa shape index (κ2) is 8.08. The summed E-state index contributed by atoms with van der Waals surface area (Å²) in [6, 6.07) is 15.2. The van der Waals surface area contributed by atoms with Crippen molar-refractivity contribution >= 4 is 16.7 Å². The molecule has 4 rings (SSSR count). The molecule has 0 amide bonds. The number of aromatic nitrogens is 1. The van der Waals surface area contributed by atoms with E-state index >= 15 is 0 Å². The average molecular weight is 404 g/mol. The van der Waals surface area contributed by atoms with Crippen LogP contribution >= 0.6 is 0 Å². The Bertz CT molecular complexity index is 1270. The maximum absolute atomic E-state index is 13.2. The van der Waals surface area contributed by atoms with E-state index in [1.807, 2.05) is 44.2 Å². The van der Waals surface area contributed by atoms with Gasteiger partial charge in [-0.3, -0.25) is 4.79 Å². The molecule has 2 N–H and O–H groups in total. The fraction of sp³-hybridized carbons (Fsp3) is 0.167. The van der Waals surface area contributed by atoms with Gasteiger partial charge in [0, 0.05) is 34.6 Å². The molecular weight excluding hydrogens is 383 g/mol. The van der Waals surface area contributed by atoms with E-state index in [4.69, 9.17) is 4.42 Å².